The Balaban J connectivity index is 1.83. The van der Waals surface area contributed by atoms with E-state index in [-0.39, 0.29) is 22.8 Å². The van der Waals surface area contributed by atoms with Crippen LogP contribution in [0.5, 0.6) is 0 Å². The zero-order valence-corrected chi connectivity index (χ0v) is 20.4. The number of hydrogen-bond donors (Lipinski definition) is 1. The van der Waals surface area contributed by atoms with Crippen LogP contribution in [0.25, 0.3) is 0 Å². The highest BCUT2D eigenvalue weighted by Gasteiger charge is 2.38. The Morgan fingerprint density at radius 3 is 2.41 bits per heavy atom. The number of halogens is 2. The maximum absolute atomic E-state index is 14.0. The van der Waals surface area contributed by atoms with E-state index < -0.39 is 31.9 Å². The van der Waals surface area contributed by atoms with E-state index in [1.165, 1.54) is 49.4 Å². The lowest BCUT2D eigenvalue weighted by Crippen LogP contribution is -2.27. The molecule has 3 aromatic rings. The van der Waals surface area contributed by atoms with Crippen molar-refractivity contribution in [2.24, 2.45) is 5.10 Å². The Labute approximate surface area is 203 Å². The average Bonchev–Trinajstić information content (AvgIpc) is 3.26. The summed E-state index contributed by atoms with van der Waals surface area (Å²) in [5.74, 6) is -0.637. The first kappa shape index (κ1) is 24.2. The molecule has 178 valence electrons. The van der Waals surface area contributed by atoms with Gasteiger partial charge in [-0.15, -0.1) is 0 Å². The smallest absolute Gasteiger partial charge is 0.279 e. The molecule has 4 rings (SSSR count). The highest BCUT2D eigenvalue weighted by atomic mass is 35.5. The van der Waals surface area contributed by atoms with Gasteiger partial charge >= 0.3 is 0 Å². The average molecular weight is 522 g/mol. The second-order valence-electron chi connectivity index (χ2n) is 7.60. The molecule has 0 saturated carbocycles. The van der Waals surface area contributed by atoms with Gasteiger partial charge in [0.05, 0.1) is 28.1 Å². The first-order chi connectivity index (χ1) is 16.1. The zero-order valence-electron chi connectivity index (χ0n) is 18.0. The monoisotopic (exact) mass is 521 g/mol. The molecular weight excluding hydrogens is 501 g/mol. The minimum absolute atomic E-state index is 0.0247. The van der Waals surface area contributed by atoms with E-state index in [1.54, 1.807) is 30.3 Å². The molecule has 7 nitrogen and oxygen atoms in total. The topological polar surface area (TPSA) is 95.9 Å². The van der Waals surface area contributed by atoms with Crippen molar-refractivity contribution in [1.29, 1.82) is 0 Å². The summed E-state index contributed by atoms with van der Waals surface area (Å²) in [6, 6.07) is 17.1. The van der Waals surface area contributed by atoms with Crippen LogP contribution in [0, 0.1) is 5.82 Å². The summed E-state index contributed by atoms with van der Waals surface area (Å²) >= 11 is 5.92. The molecule has 0 saturated heterocycles. The third-order valence-corrected chi connectivity index (χ3v) is 8.59. The minimum Gasteiger partial charge on any atom is -0.283 e. The van der Waals surface area contributed by atoms with Crippen molar-refractivity contribution in [2.75, 3.05) is 10.5 Å². The molecule has 0 aliphatic carbocycles. The summed E-state index contributed by atoms with van der Waals surface area (Å²) in [6.07, 6.45) is 0.112. The number of anilines is 1. The number of nitrogens with one attached hydrogen (secondary N) is 1. The number of hydrazone groups is 1. The van der Waals surface area contributed by atoms with Crippen LogP contribution in [-0.2, 0) is 20.0 Å². The maximum atomic E-state index is 14.0. The predicted molar refractivity (Wildman–Crippen MR) is 130 cm³/mol. The van der Waals surface area contributed by atoms with Crippen molar-refractivity contribution < 1.29 is 21.2 Å². The largest absolute Gasteiger partial charge is 0.283 e. The van der Waals surface area contributed by atoms with E-state index in [0.717, 1.165) is 4.41 Å². The Morgan fingerprint density at radius 2 is 1.74 bits per heavy atom. The van der Waals surface area contributed by atoms with Crippen molar-refractivity contribution in [1.82, 2.24) is 4.41 Å². The maximum Gasteiger partial charge on any atom is 0.279 e. The van der Waals surface area contributed by atoms with Gasteiger partial charge in [0, 0.05) is 17.0 Å². The molecule has 0 radical (unpaired) electrons. The fourth-order valence-electron chi connectivity index (χ4n) is 3.61. The highest BCUT2D eigenvalue weighted by molar-refractivity contribution is 7.92. The van der Waals surface area contributed by atoms with E-state index in [1.807, 2.05) is 0 Å². The lowest BCUT2D eigenvalue weighted by Gasteiger charge is -2.23. The van der Waals surface area contributed by atoms with E-state index in [0.29, 0.717) is 21.9 Å². The number of rotatable bonds is 7. The van der Waals surface area contributed by atoms with Gasteiger partial charge in [-0.05, 0) is 55.0 Å². The molecule has 0 bridgehead atoms. The van der Waals surface area contributed by atoms with Crippen LogP contribution in [0.4, 0.5) is 10.1 Å². The lowest BCUT2D eigenvalue weighted by molar-refractivity contribution is 0.370. The van der Waals surface area contributed by atoms with Gasteiger partial charge in [0.1, 0.15) is 5.82 Å². The molecule has 1 heterocycles. The van der Waals surface area contributed by atoms with Crippen LogP contribution in [0.2, 0.25) is 5.02 Å². The third kappa shape index (κ3) is 4.94. The van der Waals surface area contributed by atoms with Crippen LogP contribution >= 0.6 is 11.6 Å². The summed E-state index contributed by atoms with van der Waals surface area (Å²) in [4.78, 5) is -0.0247. The van der Waals surface area contributed by atoms with Gasteiger partial charge in [-0.3, -0.25) is 4.72 Å². The second-order valence-corrected chi connectivity index (χ2v) is 11.8. The third-order valence-electron chi connectivity index (χ3n) is 5.35. The number of nitrogens with zero attached hydrogens (tertiary/aromatic N) is 2. The van der Waals surface area contributed by atoms with Crippen molar-refractivity contribution in [3.63, 3.8) is 0 Å². The molecule has 1 aliphatic rings. The molecule has 11 heteroatoms. The van der Waals surface area contributed by atoms with Crippen molar-refractivity contribution in [3.05, 3.63) is 94.8 Å². The van der Waals surface area contributed by atoms with E-state index >= 15 is 0 Å². The SMILES string of the molecule is CCS(=O)(=O)Nc1ccccc1C1=NN(S(=O)(=O)c2ccc(Cl)cc2)[C@H](c2cccc(F)c2)C1. The predicted octanol–water partition coefficient (Wildman–Crippen LogP) is 4.78. The van der Waals surface area contributed by atoms with Gasteiger partial charge in [0.2, 0.25) is 10.0 Å². The molecule has 0 unspecified atom stereocenters. The van der Waals surface area contributed by atoms with E-state index in [9.17, 15) is 21.2 Å². The summed E-state index contributed by atoms with van der Waals surface area (Å²) in [6.45, 7) is 1.51. The number of para-hydroxylation sites is 1. The summed E-state index contributed by atoms with van der Waals surface area (Å²) in [7, 11) is -7.72. The Morgan fingerprint density at radius 1 is 1.03 bits per heavy atom. The zero-order chi connectivity index (χ0) is 24.5. The fourth-order valence-corrected chi connectivity index (χ4v) is 5.83. The Hall–Kier alpha value is -2.95. The quantitative estimate of drug-likeness (QED) is 0.484. The summed E-state index contributed by atoms with van der Waals surface area (Å²) in [5, 5.41) is 4.78. The normalized spacial score (nSPS) is 16.4. The van der Waals surface area contributed by atoms with E-state index in [4.69, 9.17) is 11.6 Å². The van der Waals surface area contributed by atoms with Crippen LogP contribution in [0.1, 0.15) is 30.5 Å². The first-order valence-corrected chi connectivity index (χ1v) is 13.8. The molecule has 0 spiro atoms. The molecule has 1 atom stereocenters. The van der Waals surface area contributed by atoms with Crippen molar-refractivity contribution >= 4 is 43.0 Å². The molecule has 1 N–H and O–H groups in total. The van der Waals surface area contributed by atoms with Crippen molar-refractivity contribution in [2.45, 2.75) is 24.3 Å². The molecule has 0 fully saturated rings. The van der Waals surface area contributed by atoms with Crippen LogP contribution in [0.3, 0.4) is 0 Å². The van der Waals surface area contributed by atoms with Gasteiger partial charge < -0.3 is 0 Å². The van der Waals surface area contributed by atoms with Gasteiger partial charge in [-0.2, -0.15) is 17.9 Å². The van der Waals surface area contributed by atoms with Gasteiger partial charge in [-0.25, -0.2) is 12.8 Å². The fraction of sp³-hybridized carbons (Fsp3) is 0.174. The highest BCUT2D eigenvalue weighted by Crippen LogP contribution is 2.38. The molecular formula is C23H21ClFN3O4S2. The summed E-state index contributed by atoms with van der Waals surface area (Å²) < 4.78 is 68.9. The Bertz CT molecular complexity index is 1460. The summed E-state index contributed by atoms with van der Waals surface area (Å²) in [5.41, 5.74) is 1.49. The number of hydrogen-bond acceptors (Lipinski definition) is 5. The van der Waals surface area contributed by atoms with Gasteiger partial charge in [0.25, 0.3) is 10.0 Å². The standard InChI is InChI=1S/C23H21ClFN3O4S2/c1-2-33(29,30)27-21-9-4-3-8-20(21)22-15-23(16-6-5-7-18(25)14-16)28(26-22)34(31,32)19-12-10-17(24)11-13-19/h3-14,23,27H,2,15H2,1H3/t23-/m0/s1. The number of sulfonamides is 2. The second kappa shape index (κ2) is 9.36. The Kier molecular flexibility index (Phi) is 6.66. The van der Waals surface area contributed by atoms with Gasteiger partial charge in [-0.1, -0.05) is 41.9 Å². The molecule has 0 amide bonds. The van der Waals surface area contributed by atoms with Gasteiger partial charge in [0.15, 0.2) is 0 Å². The number of benzene rings is 3. The van der Waals surface area contributed by atoms with Crippen molar-refractivity contribution in [3.8, 4) is 0 Å². The minimum atomic E-state index is -4.13. The van der Waals surface area contributed by atoms with Crippen LogP contribution in [0.15, 0.2) is 82.8 Å². The first-order valence-electron chi connectivity index (χ1n) is 10.3. The van der Waals surface area contributed by atoms with Crippen LogP contribution < -0.4 is 4.72 Å². The molecule has 1 aliphatic heterocycles. The van der Waals surface area contributed by atoms with E-state index in [2.05, 4.69) is 9.82 Å². The molecule has 34 heavy (non-hydrogen) atoms. The molecule has 0 aromatic heterocycles. The molecule has 3 aromatic carbocycles. The lowest BCUT2D eigenvalue weighted by atomic mass is 9.98. The van der Waals surface area contributed by atoms with Crippen LogP contribution in [-0.4, -0.2) is 32.7 Å².